The topological polar surface area (TPSA) is 30.2 Å². The third-order valence-electron chi connectivity index (χ3n) is 2.85. The first kappa shape index (κ1) is 12.0. The number of rotatable bonds is 3. The molecule has 0 saturated heterocycles. The van der Waals surface area contributed by atoms with Gasteiger partial charge in [-0.05, 0) is 12.5 Å². The zero-order valence-electron chi connectivity index (χ0n) is 9.95. The molecule has 0 aromatic carbocycles. The Bertz CT molecular complexity index is 555. The summed E-state index contributed by atoms with van der Waals surface area (Å²) in [5.74, 6) is 0. The van der Waals surface area contributed by atoms with Crippen molar-refractivity contribution in [2.45, 2.75) is 32.7 Å². The molecule has 0 amide bonds. The molecule has 1 aliphatic carbocycles. The number of alkyl halides is 2. The smallest absolute Gasteiger partial charge is 0.257 e. The fourth-order valence-electron chi connectivity index (χ4n) is 2.03. The molecular weight excluding hydrogens is 224 g/mol. The van der Waals surface area contributed by atoms with Gasteiger partial charge in [-0.25, -0.2) is 8.78 Å². The number of aromatic nitrogens is 2. The second-order valence-electron chi connectivity index (χ2n) is 3.94. The summed E-state index contributed by atoms with van der Waals surface area (Å²) in [5.41, 5.74) is 1.82. The number of halogens is 2. The van der Waals surface area contributed by atoms with Crippen molar-refractivity contribution < 1.29 is 8.78 Å². The molecule has 92 valence electrons. The van der Waals surface area contributed by atoms with Crippen molar-refractivity contribution in [1.82, 2.24) is 9.78 Å². The van der Waals surface area contributed by atoms with Gasteiger partial charge in [-0.2, -0.15) is 5.10 Å². The highest BCUT2D eigenvalue weighted by atomic mass is 19.3. The molecule has 1 heterocycles. The summed E-state index contributed by atoms with van der Waals surface area (Å²) in [6.45, 7) is 1.63. The lowest BCUT2D eigenvalue weighted by molar-refractivity contribution is 0.120. The molecule has 0 N–H and O–H groups in total. The van der Waals surface area contributed by atoms with Gasteiger partial charge in [0, 0.05) is 24.4 Å². The molecule has 0 spiro atoms. The Kier molecular flexibility index (Phi) is 3.36. The number of aryl methyl sites for hydroxylation is 1. The van der Waals surface area contributed by atoms with Crippen LogP contribution >= 0.6 is 0 Å². The fourth-order valence-corrected chi connectivity index (χ4v) is 2.03. The first-order chi connectivity index (χ1) is 8.15. The monoisotopic (exact) mass is 239 g/mol. The molecule has 0 bridgehead atoms. The third kappa shape index (κ3) is 2.28. The van der Waals surface area contributed by atoms with E-state index in [-0.39, 0.29) is 6.54 Å². The van der Waals surface area contributed by atoms with Crippen LogP contribution in [0.25, 0.3) is 12.2 Å². The SMILES string of the molecule is CCc1nn(CC(F)F)c2c1=C/C(=N/C)CC=2. The van der Waals surface area contributed by atoms with Crippen LogP contribution in [0.3, 0.4) is 0 Å². The van der Waals surface area contributed by atoms with Crippen molar-refractivity contribution in [1.29, 1.82) is 0 Å². The van der Waals surface area contributed by atoms with Crippen LogP contribution in [0, 0.1) is 0 Å². The van der Waals surface area contributed by atoms with Crippen molar-refractivity contribution in [3.8, 4) is 0 Å². The summed E-state index contributed by atoms with van der Waals surface area (Å²) in [6.07, 6.45) is 2.91. The van der Waals surface area contributed by atoms with Gasteiger partial charge < -0.3 is 0 Å². The minimum atomic E-state index is -2.38. The maximum Gasteiger partial charge on any atom is 0.257 e. The van der Waals surface area contributed by atoms with E-state index in [1.165, 1.54) is 4.68 Å². The zero-order valence-corrected chi connectivity index (χ0v) is 9.95. The van der Waals surface area contributed by atoms with Crippen LogP contribution in [0.15, 0.2) is 4.99 Å². The van der Waals surface area contributed by atoms with Crippen LogP contribution in [-0.4, -0.2) is 29.0 Å². The molecule has 0 unspecified atom stereocenters. The summed E-state index contributed by atoms with van der Waals surface area (Å²) < 4.78 is 26.3. The molecule has 0 saturated carbocycles. The van der Waals surface area contributed by atoms with Gasteiger partial charge in [0.25, 0.3) is 6.43 Å². The lowest BCUT2D eigenvalue weighted by Crippen LogP contribution is -2.35. The maximum absolute atomic E-state index is 12.4. The number of hydrogen-bond donors (Lipinski definition) is 0. The Hall–Kier alpha value is -1.52. The van der Waals surface area contributed by atoms with Gasteiger partial charge >= 0.3 is 0 Å². The second-order valence-corrected chi connectivity index (χ2v) is 3.94. The van der Waals surface area contributed by atoms with Crippen LogP contribution in [0.1, 0.15) is 19.0 Å². The highest BCUT2D eigenvalue weighted by molar-refractivity contribution is 6.13. The minimum Gasteiger partial charge on any atom is -0.293 e. The fraction of sp³-hybridized carbons (Fsp3) is 0.500. The lowest BCUT2D eigenvalue weighted by atomic mass is 10.1. The van der Waals surface area contributed by atoms with Gasteiger partial charge in [-0.3, -0.25) is 9.67 Å². The largest absolute Gasteiger partial charge is 0.293 e. The summed E-state index contributed by atoms with van der Waals surface area (Å²) >= 11 is 0. The van der Waals surface area contributed by atoms with Crippen LogP contribution in [0.4, 0.5) is 8.78 Å². The molecule has 0 fully saturated rings. The van der Waals surface area contributed by atoms with Crippen LogP contribution in [0.2, 0.25) is 0 Å². The van der Waals surface area contributed by atoms with Crippen LogP contribution in [-0.2, 0) is 13.0 Å². The molecule has 3 nitrogen and oxygen atoms in total. The Morgan fingerprint density at radius 2 is 2.29 bits per heavy atom. The molecular formula is C12H15F2N3. The van der Waals surface area contributed by atoms with E-state index in [9.17, 15) is 8.78 Å². The van der Waals surface area contributed by atoms with Crippen molar-refractivity contribution >= 4 is 17.9 Å². The van der Waals surface area contributed by atoms with E-state index in [0.29, 0.717) is 6.42 Å². The molecule has 0 radical (unpaired) electrons. The second kappa shape index (κ2) is 4.77. The Labute approximate surface area is 98.2 Å². The van der Waals surface area contributed by atoms with E-state index >= 15 is 0 Å². The third-order valence-corrected chi connectivity index (χ3v) is 2.85. The van der Waals surface area contributed by atoms with E-state index in [0.717, 1.165) is 28.4 Å². The molecule has 17 heavy (non-hydrogen) atoms. The first-order valence-corrected chi connectivity index (χ1v) is 5.67. The molecule has 5 heteroatoms. The predicted octanol–water partition coefficient (Wildman–Crippen LogP) is 0.746. The zero-order chi connectivity index (χ0) is 12.4. The average Bonchev–Trinajstić information content (AvgIpc) is 2.66. The normalized spacial score (nSPS) is 16.9. The van der Waals surface area contributed by atoms with Crippen molar-refractivity contribution in [3.63, 3.8) is 0 Å². The van der Waals surface area contributed by atoms with E-state index in [2.05, 4.69) is 10.1 Å². The number of fused-ring (bicyclic) bond motifs is 1. The molecule has 0 atom stereocenters. The highest BCUT2D eigenvalue weighted by Gasteiger charge is 2.13. The van der Waals surface area contributed by atoms with Gasteiger partial charge in [-0.1, -0.05) is 13.0 Å². The summed E-state index contributed by atoms with van der Waals surface area (Å²) in [5, 5.41) is 5.98. The average molecular weight is 239 g/mol. The van der Waals surface area contributed by atoms with Crippen LogP contribution in [0.5, 0.6) is 0 Å². The maximum atomic E-state index is 12.4. The standard InChI is InChI=1S/C12H15F2N3/c1-3-10-9-6-8(15-2)4-5-11(9)17(16-10)7-12(13)14/h5-6,12H,3-4,7H2,1-2H3/b15-8+. The van der Waals surface area contributed by atoms with Crippen molar-refractivity contribution in [2.75, 3.05) is 7.05 Å². The van der Waals surface area contributed by atoms with Gasteiger partial charge in [0.05, 0.1) is 11.0 Å². The lowest BCUT2D eigenvalue weighted by Gasteiger charge is -2.03. The molecule has 1 aromatic rings. The summed E-state index contributed by atoms with van der Waals surface area (Å²) in [6, 6.07) is 0. The summed E-state index contributed by atoms with van der Waals surface area (Å²) in [4.78, 5) is 4.14. The van der Waals surface area contributed by atoms with Crippen molar-refractivity contribution in [2.24, 2.45) is 4.99 Å². The van der Waals surface area contributed by atoms with E-state index in [4.69, 9.17) is 0 Å². The first-order valence-electron chi connectivity index (χ1n) is 5.67. The van der Waals surface area contributed by atoms with Gasteiger partial charge in [0.15, 0.2) is 0 Å². The number of hydrogen-bond acceptors (Lipinski definition) is 2. The quantitative estimate of drug-likeness (QED) is 0.765. The summed E-state index contributed by atoms with van der Waals surface area (Å²) in [7, 11) is 1.74. The minimum absolute atomic E-state index is 0.342. The van der Waals surface area contributed by atoms with E-state index < -0.39 is 6.43 Å². The molecule has 0 aliphatic heterocycles. The van der Waals surface area contributed by atoms with Crippen molar-refractivity contribution in [3.05, 3.63) is 16.3 Å². The molecule has 1 aromatic heterocycles. The number of nitrogens with zero attached hydrogens (tertiary/aromatic N) is 3. The predicted molar refractivity (Wildman–Crippen MR) is 63.8 cm³/mol. The Morgan fingerprint density at radius 1 is 1.53 bits per heavy atom. The number of aliphatic imine (C=N–C) groups is 1. The Balaban J connectivity index is 2.59. The molecule has 1 aliphatic rings. The van der Waals surface area contributed by atoms with E-state index in [1.807, 2.05) is 19.1 Å². The van der Waals surface area contributed by atoms with Gasteiger partial charge in [0.1, 0.15) is 6.54 Å². The van der Waals surface area contributed by atoms with Gasteiger partial charge in [-0.15, -0.1) is 0 Å². The van der Waals surface area contributed by atoms with Gasteiger partial charge in [0.2, 0.25) is 0 Å². The highest BCUT2D eigenvalue weighted by Crippen LogP contribution is 1.99. The van der Waals surface area contributed by atoms with Crippen LogP contribution < -0.4 is 10.6 Å². The Morgan fingerprint density at radius 3 is 2.88 bits per heavy atom. The van der Waals surface area contributed by atoms with E-state index in [1.54, 1.807) is 7.05 Å². The molecule has 2 rings (SSSR count).